The van der Waals surface area contributed by atoms with E-state index in [0.29, 0.717) is 6.54 Å². The number of fused-ring (bicyclic) bond motifs is 1. The van der Waals surface area contributed by atoms with Crippen LogP contribution in [0.3, 0.4) is 0 Å². The van der Waals surface area contributed by atoms with Crippen molar-refractivity contribution in [2.24, 2.45) is 0 Å². The standard InChI is InChI=1S/C16H20N2O3/c1-21-13-5-2-4-12(10-13)7-9-17-11-15(19)18-8-3-6-14(18)16(17)20/h2,4-5,10,14H,3,6-9,11H2,1H3. The van der Waals surface area contributed by atoms with Crippen LogP contribution in [0.4, 0.5) is 0 Å². The first-order valence-corrected chi connectivity index (χ1v) is 7.40. The number of rotatable bonds is 4. The molecule has 1 aromatic carbocycles. The van der Waals surface area contributed by atoms with E-state index in [1.165, 1.54) is 0 Å². The molecule has 2 heterocycles. The normalized spacial score (nSPS) is 21.7. The number of amides is 2. The number of hydrogen-bond donors (Lipinski definition) is 0. The van der Waals surface area contributed by atoms with Gasteiger partial charge in [0.05, 0.1) is 13.7 Å². The van der Waals surface area contributed by atoms with E-state index in [4.69, 9.17) is 4.74 Å². The molecule has 0 spiro atoms. The van der Waals surface area contributed by atoms with Crippen LogP contribution in [-0.4, -0.2) is 54.4 Å². The lowest BCUT2D eigenvalue weighted by atomic mass is 10.1. The molecule has 1 atom stereocenters. The number of ether oxygens (including phenoxy) is 1. The maximum absolute atomic E-state index is 12.4. The molecule has 1 aromatic rings. The van der Waals surface area contributed by atoms with E-state index in [1.807, 2.05) is 24.3 Å². The summed E-state index contributed by atoms with van der Waals surface area (Å²) in [6.45, 7) is 1.54. The zero-order chi connectivity index (χ0) is 14.8. The van der Waals surface area contributed by atoms with Crippen molar-refractivity contribution in [2.45, 2.75) is 25.3 Å². The van der Waals surface area contributed by atoms with Crippen molar-refractivity contribution in [3.63, 3.8) is 0 Å². The highest BCUT2D eigenvalue weighted by Crippen LogP contribution is 2.24. The molecule has 0 N–H and O–H groups in total. The second kappa shape index (κ2) is 5.76. The molecule has 21 heavy (non-hydrogen) atoms. The molecular formula is C16H20N2O3. The minimum Gasteiger partial charge on any atom is -0.497 e. The fourth-order valence-electron chi connectivity index (χ4n) is 3.15. The number of nitrogens with zero attached hydrogens (tertiary/aromatic N) is 2. The molecule has 5 nitrogen and oxygen atoms in total. The number of methoxy groups -OCH3 is 1. The van der Waals surface area contributed by atoms with Crippen molar-refractivity contribution in [3.8, 4) is 5.75 Å². The van der Waals surface area contributed by atoms with Gasteiger partial charge in [0.2, 0.25) is 11.8 Å². The predicted octanol–water partition coefficient (Wildman–Crippen LogP) is 1.07. The molecule has 1 unspecified atom stereocenters. The van der Waals surface area contributed by atoms with Gasteiger partial charge in [-0.05, 0) is 37.0 Å². The van der Waals surface area contributed by atoms with Crippen molar-refractivity contribution in [3.05, 3.63) is 29.8 Å². The minimum absolute atomic E-state index is 0.0859. The third kappa shape index (κ3) is 2.73. The predicted molar refractivity (Wildman–Crippen MR) is 78.0 cm³/mol. The van der Waals surface area contributed by atoms with Crippen LogP contribution in [0.2, 0.25) is 0 Å². The second-order valence-corrected chi connectivity index (χ2v) is 5.61. The average Bonchev–Trinajstić information content (AvgIpc) is 3.00. The number of hydrogen-bond acceptors (Lipinski definition) is 3. The van der Waals surface area contributed by atoms with E-state index in [9.17, 15) is 9.59 Å². The van der Waals surface area contributed by atoms with E-state index in [0.717, 1.165) is 37.1 Å². The van der Waals surface area contributed by atoms with Crippen LogP contribution in [0.1, 0.15) is 18.4 Å². The van der Waals surface area contributed by atoms with Gasteiger partial charge in [0.25, 0.3) is 0 Å². The van der Waals surface area contributed by atoms with Gasteiger partial charge in [0.15, 0.2) is 0 Å². The molecule has 112 valence electrons. The average molecular weight is 288 g/mol. The highest BCUT2D eigenvalue weighted by Gasteiger charge is 2.41. The van der Waals surface area contributed by atoms with Gasteiger partial charge in [-0.1, -0.05) is 12.1 Å². The van der Waals surface area contributed by atoms with Crippen LogP contribution in [-0.2, 0) is 16.0 Å². The molecule has 2 aliphatic rings. The smallest absolute Gasteiger partial charge is 0.245 e. The van der Waals surface area contributed by atoms with E-state index in [1.54, 1.807) is 16.9 Å². The van der Waals surface area contributed by atoms with Crippen molar-refractivity contribution in [2.75, 3.05) is 26.7 Å². The lowest BCUT2D eigenvalue weighted by molar-refractivity contribution is -0.153. The maximum Gasteiger partial charge on any atom is 0.245 e. The number of benzene rings is 1. The third-order valence-corrected chi connectivity index (χ3v) is 4.30. The molecule has 0 aromatic heterocycles. The summed E-state index contributed by atoms with van der Waals surface area (Å²) in [7, 11) is 1.64. The van der Waals surface area contributed by atoms with Crippen molar-refractivity contribution in [1.29, 1.82) is 0 Å². The fraction of sp³-hybridized carbons (Fsp3) is 0.500. The Balaban J connectivity index is 1.64. The quantitative estimate of drug-likeness (QED) is 0.833. The Kier molecular flexibility index (Phi) is 3.82. The van der Waals surface area contributed by atoms with Crippen LogP contribution in [0, 0.1) is 0 Å². The molecule has 2 aliphatic heterocycles. The number of piperazine rings is 1. The summed E-state index contributed by atoms with van der Waals surface area (Å²) in [5.74, 6) is 1.01. The zero-order valence-electron chi connectivity index (χ0n) is 12.2. The summed E-state index contributed by atoms with van der Waals surface area (Å²) >= 11 is 0. The number of carbonyl (C=O) groups excluding carboxylic acids is 2. The van der Waals surface area contributed by atoms with Crippen LogP contribution in [0.25, 0.3) is 0 Å². The van der Waals surface area contributed by atoms with Crippen LogP contribution in [0.15, 0.2) is 24.3 Å². The first kappa shape index (κ1) is 13.9. The van der Waals surface area contributed by atoms with Crippen molar-refractivity contribution >= 4 is 11.8 Å². The van der Waals surface area contributed by atoms with Gasteiger partial charge in [-0.2, -0.15) is 0 Å². The van der Waals surface area contributed by atoms with Gasteiger partial charge in [-0.25, -0.2) is 0 Å². The lowest BCUT2D eigenvalue weighted by Gasteiger charge is -2.36. The van der Waals surface area contributed by atoms with E-state index in [2.05, 4.69) is 0 Å². The molecule has 0 bridgehead atoms. The Hall–Kier alpha value is -2.04. The highest BCUT2D eigenvalue weighted by molar-refractivity contribution is 5.95. The topological polar surface area (TPSA) is 49.9 Å². The summed E-state index contributed by atoms with van der Waals surface area (Å²) in [6.07, 6.45) is 2.48. The van der Waals surface area contributed by atoms with Gasteiger partial charge in [-0.15, -0.1) is 0 Å². The Morgan fingerprint density at radius 1 is 1.33 bits per heavy atom. The Bertz CT molecular complexity index is 558. The molecule has 0 saturated carbocycles. The highest BCUT2D eigenvalue weighted by atomic mass is 16.5. The van der Waals surface area contributed by atoms with Gasteiger partial charge in [-0.3, -0.25) is 9.59 Å². The molecule has 3 rings (SSSR count). The van der Waals surface area contributed by atoms with E-state index in [-0.39, 0.29) is 24.4 Å². The van der Waals surface area contributed by atoms with Crippen LogP contribution in [0.5, 0.6) is 5.75 Å². The maximum atomic E-state index is 12.4. The number of carbonyl (C=O) groups is 2. The molecule has 2 fully saturated rings. The first-order valence-electron chi connectivity index (χ1n) is 7.40. The summed E-state index contributed by atoms with van der Waals surface area (Å²) in [5.41, 5.74) is 1.11. The summed E-state index contributed by atoms with van der Waals surface area (Å²) in [6, 6.07) is 7.61. The van der Waals surface area contributed by atoms with E-state index < -0.39 is 0 Å². The lowest BCUT2D eigenvalue weighted by Crippen LogP contribution is -2.57. The fourth-order valence-corrected chi connectivity index (χ4v) is 3.15. The van der Waals surface area contributed by atoms with Crippen LogP contribution >= 0.6 is 0 Å². The molecule has 2 amide bonds. The SMILES string of the molecule is COc1cccc(CCN2CC(=O)N3CCCC3C2=O)c1. The monoisotopic (exact) mass is 288 g/mol. The van der Waals surface area contributed by atoms with Gasteiger partial charge in [0, 0.05) is 13.1 Å². The summed E-state index contributed by atoms with van der Waals surface area (Å²) < 4.78 is 5.20. The summed E-state index contributed by atoms with van der Waals surface area (Å²) in [5, 5.41) is 0. The van der Waals surface area contributed by atoms with Crippen molar-refractivity contribution in [1.82, 2.24) is 9.80 Å². The largest absolute Gasteiger partial charge is 0.497 e. The summed E-state index contributed by atoms with van der Waals surface area (Å²) in [4.78, 5) is 27.9. The molecule has 0 radical (unpaired) electrons. The molecular weight excluding hydrogens is 268 g/mol. The van der Waals surface area contributed by atoms with Gasteiger partial charge < -0.3 is 14.5 Å². The third-order valence-electron chi connectivity index (χ3n) is 4.30. The Morgan fingerprint density at radius 3 is 3.00 bits per heavy atom. The minimum atomic E-state index is -0.212. The Morgan fingerprint density at radius 2 is 2.19 bits per heavy atom. The second-order valence-electron chi connectivity index (χ2n) is 5.61. The molecule has 5 heteroatoms. The van der Waals surface area contributed by atoms with E-state index >= 15 is 0 Å². The molecule has 2 saturated heterocycles. The van der Waals surface area contributed by atoms with Gasteiger partial charge >= 0.3 is 0 Å². The van der Waals surface area contributed by atoms with Gasteiger partial charge in [0.1, 0.15) is 11.8 Å². The Labute approximate surface area is 124 Å². The first-order chi connectivity index (χ1) is 10.2. The zero-order valence-corrected chi connectivity index (χ0v) is 12.2. The molecule has 0 aliphatic carbocycles. The van der Waals surface area contributed by atoms with Crippen molar-refractivity contribution < 1.29 is 14.3 Å². The van der Waals surface area contributed by atoms with Crippen LogP contribution < -0.4 is 4.74 Å².